The van der Waals surface area contributed by atoms with Crippen molar-refractivity contribution in [1.29, 1.82) is 0 Å². The number of benzene rings is 1. The predicted molar refractivity (Wildman–Crippen MR) is 102 cm³/mol. The van der Waals surface area contributed by atoms with Crippen LogP contribution in [0.2, 0.25) is 0 Å². The van der Waals surface area contributed by atoms with E-state index < -0.39 is 17.6 Å². The normalized spacial score (nSPS) is 10.8. The Bertz CT molecular complexity index is 1030. The number of aromatic nitrogens is 4. The summed E-state index contributed by atoms with van der Waals surface area (Å²) in [4.78, 5) is 28.4. The molecule has 0 aliphatic carbocycles. The molecule has 2 N–H and O–H groups in total. The van der Waals surface area contributed by atoms with Gasteiger partial charge in [-0.15, -0.1) is 10.2 Å². The summed E-state index contributed by atoms with van der Waals surface area (Å²) in [6.45, 7) is 5.27. The zero-order chi connectivity index (χ0) is 20.3. The van der Waals surface area contributed by atoms with Gasteiger partial charge in [-0.25, -0.2) is 9.37 Å². The molecule has 0 bridgehead atoms. The number of anilines is 2. The van der Waals surface area contributed by atoms with Gasteiger partial charge in [-0.2, -0.15) is 0 Å². The minimum Gasteiger partial charge on any atom is -0.325 e. The van der Waals surface area contributed by atoms with E-state index in [1.165, 1.54) is 13.0 Å². The summed E-state index contributed by atoms with van der Waals surface area (Å²) in [7, 11) is 0. The third kappa shape index (κ3) is 4.20. The molecule has 8 nitrogen and oxygen atoms in total. The van der Waals surface area contributed by atoms with Crippen molar-refractivity contribution in [2.45, 2.75) is 26.8 Å². The molecular weight excluding hydrogens is 363 g/mol. The second-order valence-electron chi connectivity index (χ2n) is 6.39. The molecule has 0 saturated carbocycles. The summed E-state index contributed by atoms with van der Waals surface area (Å²) in [6, 6.07) is 8.80. The monoisotopic (exact) mass is 382 g/mol. The van der Waals surface area contributed by atoms with Crippen molar-refractivity contribution in [3.05, 3.63) is 54.1 Å². The summed E-state index contributed by atoms with van der Waals surface area (Å²) in [5.74, 6) is -0.634. The van der Waals surface area contributed by atoms with E-state index in [0.717, 1.165) is 12.1 Å². The lowest BCUT2D eigenvalue weighted by Crippen LogP contribution is -2.17. The number of amides is 2. The molecule has 28 heavy (non-hydrogen) atoms. The molecule has 9 heteroatoms. The lowest BCUT2D eigenvalue weighted by Gasteiger charge is -2.12. The molecule has 0 saturated heterocycles. The molecule has 2 amide bonds. The van der Waals surface area contributed by atoms with Gasteiger partial charge in [0.2, 0.25) is 5.91 Å². The van der Waals surface area contributed by atoms with Crippen LogP contribution in [0.3, 0.4) is 0 Å². The van der Waals surface area contributed by atoms with E-state index in [9.17, 15) is 14.0 Å². The Kier molecular flexibility index (Phi) is 5.44. The molecule has 0 fully saturated rings. The maximum Gasteiger partial charge on any atom is 0.258 e. The van der Waals surface area contributed by atoms with Gasteiger partial charge in [0, 0.05) is 13.0 Å². The van der Waals surface area contributed by atoms with Crippen LogP contribution in [0.5, 0.6) is 0 Å². The Labute approximate surface area is 160 Å². The molecule has 3 rings (SSSR count). The lowest BCUT2D eigenvalue weighted by atomic mass is 10.1. The maximum absolute atomic E-state index is 13.5. The van der Waals surface area contributed by atoms with Gasteiger partial charge in [0.25, 0.3) is 5.91 Å². The van der Waals surface area contributed by atoms with Crippen LogP contribution >= 0.6 is 0 Å². The smallest absolute Gasteiger partial charge is 0.258 e. The van der Waals surface area contributed by atoms with Crippen molar-refractivity contribution < 1.29 is 14.0 Å². The highest BCUT2D eigenvalue weighted by Gasteiger charge is 2.16. The van der Waals surface area contributed by atoms with Crippen molar-refractivity contribution in [1.82, 2.24) is 19.7 Å². The van der Waals surface area contributed by atoms with Gasteiger partial charge in [-0.05, 0) is 44.2 Å². The number of carbonyl (C=O) groups is 2. The van der Waals surface area contributed by atoms with E-state index in [2.05, 4.69) is 25.8 Å². The molecule has 144 valence electrons. The van der Waals surface area contributed by atoms with Gasteiger partial charge in [0.05, 0.1) is 11.3 Å². The van der Waals surface area contributed by atoms with Crippen LogP contribution in [0.1, 0.15) is 37.2 Å². The first-order valence-electron chi connectivity index (χ1n) is 8.60. The highest BCUT2D eigenvalue weighted by Crippen LogP contribution is 2.22. The van der Waals surface area contributed by atoms with Crippen LogP contribution < -0.4 is 10.6 Å². The van der Waals surface area contributed by atoms with Crippen molar-refractivity contribution in [2.24, 2.45) is 0 Å². The van der Waals surface area contributed by atoms with Gasteiger partial charge < -0.3 is 15.2 Å². The highest BCUT2D eigenvalue weighted by molar-refractivity contribution is 6.09. The molecule has 3 aromatic rings. The van der Waals surface area contributed by atoms with Gasteiger partial charge in [-0.3, -0.25) is 9.59 Å². The second kappa shape index (κ2) is 7.95. The molecule has 0 unspecified atom stereocenters. The summed E-state index contributed by atoms with van der Waals surface area (Å²) < 4.78 is 15.4. The topological polar surface area (TPSA) is 102 Å². The van der Waals surface area contributed by atoms with Gasteiger partial charge in [0.1, 0.15) is 23.7 Å². The SMILES string of the molecule is CC(=O)Nc1cc(F)ccc1C(=O)Nc1cccc(-c2nncn2C(C)C)n1. The van der Waals surface area contributed by atoms with Crippen molar-refractivity contribution in [3.63, 3.8) is 0 Å². The third-order valence-electron chi connectivity index (χ3n) is 3.89. The zero-order valence-electron chi connectivity index (χ0n) is 15.6. The van der Waals surface area contributed by atoms with Crippen molar-refractivity contribution >= 4 is 23.3 Å². The van der Waals surface area contributed by atoms with E-state index in [-0.39, 0.29) is 17.3 Å². The molecular formula is C19H19FN6O2. The first-order chi connectivity index (χ1) is 13.3. The molecule has 2 heterocycles. The van der Waals surface area contributed by atoms with Crippen molar-refractivity contribution in [2.75, 3.05) is 10.6 Å². The number of rotatable bonds is 5. The molecule has 0 spiro atoms. The average Bonchev–Trinajstić information content (AvgIpc) is 3.11. The first-order valence-corrected chi connectivity index (χ1v) is 8.60. The summed E-state index contributed by atoms with van der Waals surface area (Å²) in [6.07, 6.45) is 1.62. The van der Waals surface area contributed by atoms with Crippen molar-refractivity contribution in [3.8, 4) is 11.5 Å². The quantitative estimate of drug-likeness (QED) is 0.705. The van der Waals surface area contributed by atoms with Crippen LogP contribution in [-0.2, 0) is 4.79 Å². The number of hydrogen-bond acceptors (Lipinski definition) is 5. The van der Waals surface area contributed by atoms with Crippen LogP contribution in [0.25, 0.3) is 11.5 Å². The largest absolute Gasteiger partial charge is 0.325 e. The van der Waals surface area contributed by atoms with E-state index in [4.69, 9.17) is 0 Å². The summed E-state index contributed by atoms with van der Waals surface area (Å²) in [5, 5.41) is 13.1. The Hall–Kier alpha value is -3.62. The number of nitrogens with zero attached hydrogens (tertiary/aromatic N) is 4. The molecule has 1 aromatic carbocycles. The number of nitrogens with one attached hydrogen (secondary N) is 2. The lowest BCUT2D eigenvalue weighted by molar-refractivity contribution is -0.114. The van der Waals surface area contributed by atoms with E-state index >= 15 is 0 Å². The molecule has 2 aromatic heterocycles. The Morgan fingerprint density at radius 1 is 1.14 bits per heavy atom. The number of carbonyl (C=O) groups excluding carboxylic acids is 2. The van der Waals surface area contributed by atoms with Crippen LogP contribution in [0.4, 0.5) is 15.9 Å². The summed E-state index contributed by atoms with van der Waals surface area (Å²) >= 11 is 0. The van der Waals surface area contributed by atoms with E-state index in [1.54, 1.807) is 24.5 Å². The Morgan fingerprint density at radius 3 is 2.64 bits per heavy atom. The zero-order valence-corrected chi connectivity index (χ0v) is 15.6. The molecule has 0 atom stereocenters. The van der Waals surface area contributed by atoms with Gasteiger partial charge in [-0.1, -0.05) is 6.07 Å². The standard InChI is InChI=1S/C19H19FN6O2/c1-11(2)26-10-21-25-18(26)15-5-4-6-17(23-15)24-19(28)14-8-7-13(20)9-16(14)22-12(3)27/h4-11H,1-3H3,(H,22,27)(H,23,24,28). The van der Waals surface area contributed by atoms with Crippen LogP contribution in [-0.4, -0.2) is 31.6 Å². The average molecular weight is 382 g/mol. The fourth-order valence-corrected chi connectivity index (χ4v) is 2.62. The Balaban J connectivity index is 1.88. The van der Waals surface area contributed by atoms with Gasteiger partial charge >= 0.3 is 0 Å². The number of halogens is 1. The number of pyridine rings is 1. The fraction of sp³-hybridized carbons (Fsp3) is 0.211. The second-order valence-corrected chi connectivity index (χ2v) is 6.39. The molecule has 0 radical (unpaired) electrons. The predicted octanol–water partition coefficient (Wildman–Crippen LogP) is 3.27. The highest BCUT2D eigenvalue weighted by atomic mass is 19.1. The minimum atomic E-state index is -0.562. The third-order valence-corrected chi connectivity index (χ3v) is 3.89. The van der Waals surface area contributed by atoms with E-state index in [0.29, 0.717) is 17.3 Å². The number of hydrogen-bond donors (Lipinski definition) is 2. The Morgan fingerprint density at radius 2 is 1.93 bits per heavy atom. The first kappa shape index (κ1) is 19.2. The van der Waals surface area contributed by atoms with Gasteiger partial charge in [0.15, 0.2) is 5.82 Å². The maximum atomic E-state index is 13.5. The van der Waals surface area contributed by atoms with Crippen LogP contribution in [0.15, 0.2) is 42.7 Å². The summed E-state index contributed by atoms with van der Waals surface area (Å²) in [5.41, 5.74) is 0.750. The van der Waals surface area contributed by atoms with E-state index in [1.807, 2.05) is 18.4 Å². The fourth-order valence-electron chi connectivity index (χ4n) is 2.62. The molecule has 0 aliphatic rings. The van der Waals surface area contributed by atoms with Crippen LogP contribution in [0, 0.1) is 5.82 Å². The minimum absolute atomic E-state index is 0.0840. The molecule has 0 aliphatic heterocycles.